The Bertz CT molecular complexity index is 755. The van der Waals surface area contributed by atoms with Crippen LogP contribution in [-0.4, -0.2) is 49.3 Å². The molecule has 0 amide bonds. The van der Waals surface area contributed by atoms with Crippen LogP contribution in [0.1, 0.15) is 5.56 Å². The molecule has 0 bridgehead atoms. The number of likely N-dealkylation sites (N-methyl/N-ethyl adjacent to an activating group) is 1. The van der Waals surface area contributed by atoms with Crippen molar-refractivity contribution in [1.82, 2.24) is 4.90 Å². The van der Waals surface area contributed by atoms with E-state index >= 15 is 0 Å². The van der Waals surface area contributed by atoms with Gasteiger partial charge in [-0.25, -0.2) is 0 Å². The van der Waals surface area contributed by atoms with Gasteiger partial charge in [-0.05, 0) is 25.2 Å². The first kappa shape index (κ1) is 16.9. The molecule has 2 aromatic rings. The molecule has 0 saturated carbocycles. The molecule has 25 heavy (non-hydrogen) atoms. The molecule has 1 heterocycles. The number of nitro groups is 1. The molecule has 130 valence electrons. The zero-order chi connectivity index (χ0) is 17.6. The number of hydrogen-bond acceptors (Lipinski definition) is 6. The Morgan fingerprint density at radius 3 is 2.52 bits per heavy atom. The summed E-state index contributed by atoms with van der Waals surface area (Å²) >= 11 is 0. The average molecular weight is 339 g/mol. The van der Waals surface area contributed by atoms with Crippen molar-refractivity contribution in [2.24, 2.45) is 5.10 Å². The number of para-hydroxylation sites is 1. The number of hydrogen-bond donors (Lipinski definition) is 1. The topological polar surface area (TPSA) is 74.0 Å². The van der Waals surface area contributed by atoms with Gasteiger partial charge < -0.3 is 9.80 Å². The van der Waals surface area contributed by atoms with Gasteiger partial charge in [0, 0.05) is 37.8 Å². The molecule has 3 rings (SSSR count). The third-order valence-electron chi connectivity index (χ3n) is 4.22. The lowest BCUT2D eigenvalue weighted by Gasteiger charge is -2.33. The highest BCUT2D eigenvalue weighted by Gasteiger charge is 2.22. The second kappa shape index (κ2) is 7.76. The Morgan fingerprint density at radius 1 is 1.12 bits per heavy atom. The average Bonchev–Trinajstić information content (AvgIpc) is 2.63. The van der Waals surface area contributed by atoms with Crippen molar-refractivity contribution in [2.75, 3.05) is 43.6 Å². The lowest BCUT2D eigenvalue weighted by atomic mass is 10.1. The van der Waals surface area contributed by atoms with E-state index in [9.17, 15) is 10.1 Å². The summed E-state index contributed by atoms with van der Waals surface area (Å²) in [6, 6.07) is 14.8. The zero-order valence-electron chi connectivity index (χ0n) is 14.1. The van der Waals surface area contributed by atoms with E-state index in [4.69, 9.17) is 0 Å². The van der Waals surface area contributed by atoms with Crippen molar-refractivity contribution < 1.29 is 4.92 Å². The van der Waals surface area contributed by atoms with E-state index in [1.165, 1.54) is 0 Å². The first-order chi connectivity index (χ1) is 12.1. The maximum atomic E-state index is 11.5. The molecular formula is C18H21N5O2. The van der Waals surface area contributed by atoms with Gasteiger partial charge in [0.25, 0.3) is 5.69 Å². The van der Waals surface area contributed by atoms with E-state index < -0.39 is 0 Å². The van der Waals surface area contributed by atoms with Crippen molar-refractivity contribution in [3.05, 3.63) is 64.2 Å². The number of hydrazone groups is 1. The summed E-state index contributed by atoms with van der Waals surface area (Å²) in [5.74, 6) is 0. The molecular weight excluding hydrogens is 318 g/mol. The highest BCUT2D eigenvalue weighted by molar-refractivity contribution is 5.83. The SMILES string of the molecule is CN1CCN(c2ccc(C=NNc3ccccc3)cc2[N+](=O)[O-])CC1. The summed E-state index contributed by atoms with van der Waals surface area (Å²) in [6.07, 6.45) is 1.59. The van der Waals surface area contributed by atoms with Crippen LogP contribution in [0.5, 0.6) is 0 Å². The Balaban J connectivity index is 1.76. The van der Waals surface area contributed by atoms with Gasteiger partial charge in [-0.1, -0.05) is 24.3 Å². The molecule has 0 atom stereocenters. The van der Waals surface area contributed by atoms with Crippen molar-refractivity contribution in [2.45, 2.75) is 0 Å². The Morgan fingerprint density at radius 2 is 1.84 bits per heavy atom. The van der Waals surface area contributed by atoms with E-state index in [0.29, 0.717) is 11.3 Å². The predicted octanol–water partition coefficient (Wildman–Crippen LogP) is 2.79. The van der Waals surface area contributed by atoms with Gasteiger partial charge >= 0.3 is 0 Å². The highest BCUT2D eigenvalue weighted by atomic mass is 16.6. The summed E-state index contributed by atoms with van der Waals surface area (Å²) in [5.41, 5.74) is 5.25. The van der Waals surface area contributed by atoms with Crippen molar-refractivity contribution in [1.29, 1.82) is 0 Å². The number of nitrogens with zero attached hydrogens (tertiary/aromatic N) is 4. The smallest absolute Gasteiger partial charge is 0.293 e. The van der Waals surface area contributed by atoms with E-state index in [1.807, 2.05) is 42.5 Å². The van der Waals surface area contributed by atoms with Crippen LogP contribution in [0, 0.1) is 10.1 Å². The second-order valence-electron chi connectivity index (χ2n) is 6.03. The van der Waals surface area contributed by atoms with E-state index in [0.717, 1.165) is 31.9 Å². The van der Waals surface area contributed by atoms with Gasteiger partial charge in [-0.2, -0.15) is 5.10 Å². The third-order valence-corrected chi connectivity index (χ3v) is 4.22. The van der Waals surface area contributed by atoms with Crippen LogP contribution in [0.25, 0.3) is 0 Å². The third kappa shape index (κ3) is 4.33. The van der Waals surface area contributed by atoms with Gasteiger partial charge in [0.1, 0.15) is 5.69 Å². The largest absolute Gasteiger partial charge is 0.363 e. The lowest BCUT2D eigenvalue weighted by molar-refractivity contribution is -0.384. The standard InChI is InChI=1S/C18H21N5O2/c1-21-9-11-22(12-10-21)17-8-7-15(13-18(17)23(24)25)14-19-20-16-5-3-2-4-6-16/h2-8,13-14,20H,9-12H2,1H3. The van der Waals surface area contributed by atoms with Crippen LogP contribution >= 0.6 is 0 Å². The normalized spacial score (nSPS) is 15.5. The molecule has 1 aliphatic rings. The van der Waals surface area contributed by atoms with Crippen LogP contribution in [0.15, 0.2) is 53.6 Å². The van der Waals surface area contributed by atoms with Gasteiger partial charge in [-0.15, -0.1) is 0 Å². The molecule has 1 aliphatic heterocycles. The molecule has 0 radical (unpaired) electrons. The molecule has 2 aromatic carbocycles. The number of benzene rings is 2. The number of anilines is 2. The highest BCUT2D eigenvalue weighted by Crippen LogP contribution is 2.29. The van der Waals surface area contributed by atoms with Crippen LogP contribution < -0.4 is 10.3 Å². The minimum Gasteiger partial charge on any atom is -0.363 e. The molecule has 1 saturated heterocycles. The molecule has 0 unspecified atom stereocenters. The van der Waals surface area contributed by atoms with E-state index in [2.05, 4.69) is 27.4 Å². The second-order valence-corrected chi connectivity index (χ2v) is 6.03. The fourth-order valence-electron chi connectivity index (χ4n) is 2.78. The lowest BCUT2D eigenvalue weighted by Crippen LogP contribution is -2.44. The number of rotatable bonds is 5. The summed E-state index contributed by atoms with van der Waals surface area (Å²) in [4.78, 5) is 15.5. The van der Waals surface area contributed by atoms with Gasteiger partial charge in [0.15, 0.2) is 0 Å². The molecule has 7 nitrogen and oxygen atoms in total. The summed E-state index contributed by atoms with van der Waals surface area (Å²) in [7, 11) is 2.06. The fraction of sp³-hybridized carbons (Fsp3) is 0.278. The fourth-order valence-corrected chi connectivity index (χ4v) is 2.78. The Labute approximate surface area is 146 Å². The molecule has 1 N–H and O–H groups in total. The van der Waals surface area contributed by atoms with Crippen LogP contribution in [-0.2, 0) is 0 Å². The van der Waals surface area contributed by atoms with E-state index in [-0.39, 0.29) is 10.6 Å². The molecule has 0 aliphatic carbocycles. The molecule has 7 heteroatoms. The van der Waals surface area contributed by atoms with Crippen LogP contribution in [0.4, 0.5) is 17.1 Å². The Kier molecular flexibility index (Phi) is 5.25. The minimum absolute atomic E-state index is 0.119. The zero-order valence-corrected chi connectivity index (χ0v) is 14.1. The van der Waals surface area contributed by atoms with Gasteiger partial charge in [-0.3, -0.25) is 15.5 Å². The summed E-state index contributed by atoms with van der Waals surface area (Å²) in [6.45, 7) is 3.39. The van der Waals surface area contributed by atoms with Crippen LogP contribution in [0.3, 0.4) is 0 Å². The van der Waals surface area contributed by atoms with Crippen molar-refractivity contribution in [3.63, 3.8) is 0 Å². The van der Waals surface area contributed by atoms with E-state index in [1.54, 1.807) is 12.3 Å². The van der Waals surface area contributed by atoms with Gasteiger partial charge in [0.05, 0.1) is 16.8 Å². The predicted molar refractivity (Wildman–Crippen MR) is 100 cm³/mol. The quantitative estimate of drug-likeness (QED) is 0.515. The maximum absolute atomic E-state index is 11.5. The molecule has 0 aromatic heterocycles. The first-order valence-corrected chi connectivity index (χ1v) is 8.19. The number of piperazine rings is 1. The first-order valence-electron chi connectivity index (χ1n) is 8.19. The minimum atomic E-state index is -0.324. The van der Waals surface area contributed by atoms with Crippen molar-refractivity contribution in [3.8, 4) is 0 Å². The Hall–Kier alpha value is -2.93. The number of nitrogens with one attached hydrogen (secondary N) is 1. The summed E-state index contributed by atoms with van der Waals surface area (Å²) < 4.78 is 0. The maximum Gasteiger partial charge on any atom is 0.293 e. The van der Waals surface area contributed by atoms with Crippen molar-refractivity contribution >= 4 is 23.3 Å². The monoisotopic (exact) mass is 339 g/mol. The molecule has 1 fully saturated rings. The van der Waals surface area contributed by atoms with Crippen LogP contribution in [0.2, 0.25) is 0 Å². The van der Waals surface area contributed by atoms with Gasteiger partial charge in [0.2, 0.25) is 0 Å². The summed E-state index contributed by atoms with van der Waals surface area (Å²) in [5, 5.41) is 15.6. The number of nitro benzene ring substituents is 1. The molecule has 0 spiro atoms.